The molecule has 0 aromatic carbocycles. The monoisotopic (exact) mass is 343 g/mol. The molecule has 1 saturated heterocycles. The summed E-state index contributed by atoms with van der Waals surface area (Å²) in [5.74, 6) is 0.899. The van der Waals surface area contributed by atoms with E-state index in [1.165, 1.54) is 0 Å². The predicted molar refractivity (Wildman–Crippen MR) is 89.8 cm³/mol. The van der Waals surface area contributed by atoms with Gasteiger partial charge in [-0.3, -0.25) is 9.88 Å². The second-order valence-corrected chi connectivity index (χ2v) is 5.88. The first-order valence-electron chi connectivity index (χ1n) is 8.11. The summed E-state index contributed by atoms with van der Waals surface area (Å²) in [6.07, 6.45) is 7.17. The smallest absolute Gasteiger partial charge is 0.258 e. The maximum atomic E-state index is 9.18. The van der Waals surface area contributed by atoms with Crippen molar-refractivity contribution in [1.82, 2.24) is 25.0 Å². The maximum Gasteiger partial charge on any atom is 0.258 e. The lowest BCUT2D eigenvalue weighted by molar-refractivity contribution is 0.339. The number of rotatable bonds is 3. The first-order valence-corrected chi connectivity index (χ1v) is 8.11. The van der Waals surface area contributed by atoms with E-state index in [-0.39, 0.29) is 6.04 Å². The largest absolute Gasteiger partial charge is 0.334 e. The molecule has 0 spiro atoms. The first kappa shape index (κ1) is 15.7. The summed E-state index contributed by atoms with van der Waals surface area (Å²) in [4.78, 5) is 14.4. The standard InChI is InChI=1S/C18H13N7O/c19-10-14-8-12(3-5-21-14)15-9-13(4-6-22-15)18-23-17(24-26-18)16-2-1-7-25(16)11-20/h3-6,8-9,16H,1-2,7H2/t16-/m0/s1. The lowest BCUT2D eigenvalue weighted by atomic mass is 10.1. The number of nitriles is 2. The molecule has 126 valence electrons. The van der Waals surface area contributed by atoms with Crippen LogP contribution in [0.15, 0.2) is 41.2 Å². The zero-order chi connectivity index (χ0) is 17.9. The summed E-state index contributed by atoms with van der Waals surface area (Å²) in [5, 5.41) is 22.2. The molecule has 4 rings (SSSR count). The van der Waals surface area contributed by atoms with Gasteiger partial charge in [-0.15, -0.1) is 0 Å². The summed E-state index contributed by atoms with van der Waals surface area (Å²) >= 11 is 0. The van der Waals surface area contributed by atoms with Crippen LogP contribution < -0.4 is 0 Å². The zero-order valence-electron chi connectivity index (χ0n) is 13.7. The van der Waals surface area contributed by atoms with Gasteiger partial charge in [-0.05, 0) is 37.1 Å². The molecule has 0 unspecified atom stereocenters. The van der Waals surface area contributed by atoms with Crippen molar-refractivity contribution in [3.05, 3.63) is 48.2 Å². The van der Waals surface area contributed by atoms with E-state index in [9.17, 15) is 5.26 Å². The van der Waals surface area contributed by atoms with Crippen molar-refractivity contribution in [2.24, 2.45) is 0 Å². The molecule has 1 atom stereocenters. The summed E-state index contributed by atoms with van der Waals surface area (Å²) in [5.41, 5.74) is 2.52. The minimum atomic E-state index is -0.128. The molecule has 0 saturated carbocycles. The van der Waals surface area contributed by atoms with Crippen LogP contribution in [0.5, 0.6) is 0 Å². The summed E-state index contributed by atoms with van der Waals surface area (Å²) < 4.78 is 5.40. The molecule has 0 radical (unpaired) electrons. The molecule has 0 N–H and O–H groups in total. The average molecular weight is 343 g/mol. The Morgan fingerprint density at radius 1 is 1.12 bits per heavy atom. The lowest BCUT2D eigenvalue weighted by Crippen LogP contribution is -2.17. The van der Waals surface area contributed by atoms with Crippen molar-refractivity contribution < 1.29 is 4.52 Å². The summed E-state index contributed by atoms with van der Waals surface area (Å²) in [6, 6.07) is 8.96. The Bertz CT molecular complexity index is 1030. The van der Waals surface area contributed by atoms with E-state index < -0.39 is 0 Å². The Labute approximate surface area is 149 Å². The van der Waals surface area contributed by atoms with Crippen molar-refractivity contribution in [3.63, 3.8) is 0 Å². The van der Waals surface area contributed by atoms with E-state index in [0.29, 0.717) is 29.6 Å². The molecule has 0 amide bonds. The Balaban J connectivity index is 1.65. The number of likely N-dealkylation sites (tertiary alicyclic amines) is 1. The van der Waals surface area contributed by atoms with E-state index in [1.54, 1.807) is 35.5 Å². The van der Waals surface area contributed by atoms with Crippen LogP contribution in [0.25, 0.3) is 22.7 Å². The van der Waals surface area contributed by atoms with E-state index in [2.05, 4.69) is 26.3 Å². The third kappa shape index (κ3) is 2.85. The second kappa shape index (κ2) is 6.61. The van der Waals surface area contributed by atoms with Crippen LogP contribution in [0.1, 0.15) is 30.4 Å². The molecule has 3 aromatic rings. The Hall–Kier alpha value is -3.78. The highest BCUT2D eigenvalue weighted by atomic mass is 16.5. The van der Waals surface area contributed by atoms with Gasteiger partial charge in [0.25, 0.3) is 5.89 Å². The first-order chi connectivity index (χ1) is 12.8. The van der Waals surface area contributed by atoms with Crippen LogP contribution in [-0.4, -0.2) is 31.6 Å². The van der Waals surface area contributed by atoms with E-state index in [4.69, 9.17) is 9.78 Å². The van der Waals surface area contributed by atoms with Crippen LogP contribution in [-0.2, 0) is 0 Å². The fourth-order valence-electron chi connectivity index (χ4n) is 3.01. The number of pyridine rings is 2. The summed E-state index contributed by atoms with van der Waals surface area (Å²) in [7, 11) is 0. The van der Waals surface area contributed by atoms with Crippen molar-refractivity contribution in [2.75, 3.05) is 6.54 Å². The van der Waals surface area contributed by atoms with Crippen molar-refractivity contribution in [2.45, 2.75) is 18.9 Å². The summed E-state index contributed by atoms with van der Waals surface area (Å²) in [6.45, 7) is 0.716. The molecule has 3 aromatic heterocycles. The third-order valence-electron chi connectivity index (χ3n) is 4.30. The Morgan fingerprint density at radius 2 is 1.96 bits per heavy atom. The van der Waals surface area contributed by atoms with Crippen LogP contribution in [0, 0.1) is 22.8 Å². The lowest BCUT2D eigenvalue weighted by Gasteiger charge is -2.13. The third-order valence-corrected chi connectivity index (χ3v) is 4.30. The molecule has 4 heterocycles. The molecular formula is C18H13N7O. The highest BCUT2D eigenvalue weighted by Crippen LogP contribution is 2.31. The van der Waals surface area contributed by atoms with Crippen molar-refractivity contribution in [1.29, 1.82) is 10.5 Å². The van der Waals surface area contributed by atoms with E-state index in [1.807, 2.05) is 12.1 Å². The number of nitrogens with zero attached hydrogens (tertiary/aromatic N) is 7. The Kier molecular flexibility index (Phi) is 4.00. The molecule has 8 nitrogen and oxygen atoms in total. The highest BCUT2D eigenvalue weighted by molar-refractivity contribution is 5.66. The van der Waals surface area contributed by atoms with Gasteiger partial charge in [-0.1, -0.05) is 5.16 Å². The molecule has 8 heteroatoms. The molecular weight excluding hydrogens is 330 g/mol. The van der Waals surface area contributed by atoms with Gasteiger partial charge in [0, 0.05) is 30.1 Å². The molecule has 1 fully saturated rings. The predicted octanol–water partition coefficient (Wildman–Crippen LogP) is 2.68. The van der Waals surface area contributed by atoms with E-state index in [0.717, 1.165) is 24.0 Å². The van der Waals surface area contributed by atoms with Gasteiger partial charge in [0.15, 0.2) is 12.0 Å². The number of hydrogen-bond acceptors (Lipinski definition) is 8. The van der Waals surface area contributed by atoms with Gasteiger partial charge >= 0.3 is 0 Å². The van der Waals surface area contributed by atoms with Crippen LogP contribution in [0.3, 0.4) is 0 Å². The molecule has 0 aliphatic carbocycles. The van der Waals surface area contributed by atoms with Crippen molar-refractivity contribution in [3.8, 4) is 35.0 Å². The van der Waals surface area contributed by atoms with Gasteiger partial charge in [-0.2, -0.15) is 15.5 Å². The minimum absolute atomic E-state index is 0.128. The number of hydrogen-bond donors (Lipinski definition) is 0. The SMILES string of the molecule is N#Cc1cc(-c2cc(-c3nc([C@@H]4CCCN4C#N)no3)ccn2)ccn1. The quantitative estimate of drug-likeness (QED) is 0.666. The van der Waals surface area contributed by atoms with Gasteiger partial charge in [0.2, 0.25) is 0 Å². The highest BCUT2D eigenvalue weighted by Gasteiger charge is 2.29. The molecule has 1 aliphatic rings. The fourth-order valence-corrected chi connectivity index (χ4v) is 3.01. The van der Waals surface area contributed by atoms with E-state index >= 15 is 0 Å². The maximum absolute atomic E-state index is 9.18. The molecule has 1 aliphatic heterocycles. The average Bonchev–Trinajstić information content (AvgIpc) is 3.37. The van der Waals surface area contributed by atoms with Gasteiger partial charge in [0.1, 0.15) is 17.8 Å². The van der Waals surface area contributed by atoms with Crippen molar-refractivity contribution >= 4 is 0 Å². The Morgan fingerprint density at radius 3 is 2.81 bits per heavy atom. The fraction of sp³-hybridized carbons (Fsp3) is 0.222. The van der Waals surface area contributed by atoms with Crippen LogP contribution in [0.4, 0.5) is 0 Å². The second-order valence-electron chi connectivity index (χ2n) is 5.88. The van der Waals surface area contributed by atoms with Gasteiger partial charge in [0.05, 0.1) is 5.69 Å². The normalized spacial score (nSPS) is 16.2. The zero-order valence-corrected chi connectivity index (χ0v) is 13.7. The molecule has 0 bridgehead atoms. The van der Waals surface area contributed by atoms with Crippen LogP contribution in [0.2, 0.25) is 0 Å². The number of aromatic nitrogens is 4. The topological polar surface area (TPSA) is 116 Å². The minimum Gasteiger partial charge on any atom is -0.334 e. The van der Waals surface area contributed by atoms with Gasteiger partial charge in [-0.25, -0.2) is 4.98 Å². The molecule has 26 heavy (non-hydrogen) atoms. The van der Waals surface area contributed by atoms with Crippen LogP contribution >= 0.6 is 0 Å². The van der Waals surface area contributed by atoms with Gasteiger partial charge < -0.3 is 4.52 Å².